The lowest BCUT2D eigenvalue weighted by molar-refractivity contribution is 0.262. The molecule has 0 radical (unpaired) electrons. The second-order valence-electron chi connectivity index (χ2n) is 8.54. The van der Waals surface area contributed by atoms with Crippen LogP contribution < -0.4 is 16.4 Å². The molecule has 0 unspecified atom stereocenters. The highest BCUT2D eigenvalue weighted by atomic mass is 35.5. The maximum Gasteiger partial charge on any atom is 0.323 e. The standard InChI is InChI=1S/C24H22Cl2N6OS/c1-24(2,3)21-32-19(18-9-10-28-22(27)31-18)20(34-21)13-5-4-6-14(11-13)29-23(33)30-15-7-8-16(25)17(26)12-15/h4-12H,1-3H3,(H2,27,28,31)(H2,29,30,33). The summed E-state index contributed by atoms with van der Waals surface area (Å²) in [6.07, 6.45) is 1.61. The average Bonchev–Trinajstić information content (AvgIpc) is 3.23. The van der Waals surface area contributed by atoms with E-state index in [9.17, 15) is 4.79 Å². The summed E-state index contributed by atoms with van der Waals surface area (Å²) >= 11 is 13.6. The number of amides is 2. The fourth-order valence-corrected chi connectivity index (χ4v) is 4.55. The Hall–Kier alpha value is -3.20. The number of hydrogen-bond acceptors (Lipinski definition) is 6. The zero-order valence-electron chi connectivity index (χ0n) is 18.7. The summed E-state index contributed by atoms with van der Waals surface area (Å²) in [5, 5.41) is 7.35. The number of nitrogens with two attached hydrogens (primary N) is 1. The van der Waals surface area contributed by atoms with Crippen LogP contribution in [0.4, 0.5) is 22.1 Å². The van der Waals surface area contributed by atoms with Crippen molar-refractivity contribution in [1.29, 1.82) is 0 Å². The Bertz CT molecular complexity index is 1370. The van der Waals surface area contributed by atoms with Crippen LogP contribution in [-0.2, 0) is 5.41 Å². The molecule has 2 aromatic heterocycles. The molecule has 7 nitrogen and oxygen atoms in total. The predicted molar refractivity (Wildman–Crippen MR) is 141 cm³/mol. The number of carbonyl (C=O) groups is 1. The van der Waals surface area contributed by atoms with Gasteiger partial charge >= 0.3 is 6.03 Å². The van der Waals surface area contributed by atoms with Crippen molar-refractivity contribution in [2.24, 2.45) is 0 Å². The minimum atomic E-state index is -0.404. The monoisotopic (exact) mass is 512 g/mol. The number of thiazole rings is 1. The molecule has 2 aromatic carbocycles. The number of urea groups is 1. The Balaban J connectivity index is 1.65. The first-order valence-electron chi connectivity index (χ1n) is 10.3. The van der Waals surface area contributed by atoms with Gasteiger partial charge in [0.1, 0.15) is 5.69 Å². The van der Waals surface area contributed by atoms with E-state index in [-0.39, 0.29) is 11.4 Å². The third-order valence-electron chi connectivity index (χ3n) is 4.75. The molecule has 34 heavy (non-hydrogen) atoms. The fraction of sp³-hybridized carbons (Fsp3) is 0.167. The minimum absolute atomic E-state index is 0.147. The fourth-order valence-electron chi connectivity index (χ4n) is 3.12. The molecular weight excluding hydrogens is 491 g/mol. The van der Waals surface area contributed by atoms with Crippen molar-refractivity contribution in [2.45, 2.75) is 26.2 Å². The first kappa shape index (κ1) is 23.9. The van der Waals surface area contributed by atoms with Gasteiger partial charge in [0.05, 0.1) is 25.6 Å². The highest BCUT2D eigenvalue weighted by molar-refractivity contribution is 7.15. The number of aromatic nitrogens is 3. The molecule has 0 aliphatic carbocycles. The van der Waals surface area contributed by atoms with Gasteiger partial charge in [-0.1, -0.05) is 56.1 Å². The van der Waals surface area contributed by atoms with Crippen LogP contribution in [0.15, 0.2) is 54.7 Å². The molecule has 0 saturated heterocycles. The van der Waals surface area contributed by atoms with Crippen molar-refractivity contribution < 1.29 is 4.79 Å². The average molecular weight is 513 g/mol. The van der Waals surface area contributed by atoms with Crippen LogP contribution in [0.3, 0.4) is 0 Å². The third kappa shape index (κ3) is 5.47. The van der Waals surface area contributed by atoms with Crippen LogP contribution in [0.2, 0.25) is 10.0 Å². The number of benzene rings is 2. The zero-order valence-corrected chi connectivity index (χ0v) is 21.0. The number of nitrogen functional groups attached to an aromatic ring is 1. The Labute approximate surface area is 211 Å². The second-order valence-corrected chi connectivity index (χ2v) is 10.3. The number of carbonyl (C=O) groups excluding carboxylic acids is 1. The van der Waals surface area contributed by atoms with Crippen molar-refractivity contribution in [3.05, 3.63) is 69.8 Å². The van der Waals surface area contributed by atoms with Crippen molar-refractivity contribution >= 4 is 57.9 Å². The second kappa shape index (κ2) is 9.58. The van der Waals surface area contributed by atoms with Gasteiger partial charge in [0.2, 0.25) is 5.95 Å². The van der Waals surface area contributed by atoms with E-state index in [4.69, 9.17) is 33.9 Å². The number of nitrogens with zero attached hydrogens (tertiary/aromatic N) is 3. The molecule has 0 saturated carbocycles. The van der Waals surface area contributed by atoms with Crippen molar-refractivity contribution in [3.8, 4) is 21.8 Å². The van der Waals surface area contributed by atoms with Crippen LogP contribution in [0.1, 0.15) is 25.8 Å². The quantitative estimate of drug-likeness (QED) is 0.270. The van der Waals surface area contributed by atoms with E-state index >= 15 is 0 Å². The number of nitrogens with one attached hydrogen (secondary N) is 2. The van der Waals surface area contributed by atoms with Gasteiger partial charge in [0.15, 0.2) is 0 Å². The largest absolute Gasteiger partial charge is 0.368 e. The normalized spacial score (nSPS) is 11.3. The summed E-state index contributed by atoms with van der Waals surface area (Å²) in [5.41, 5.74) is 9.09. The maximum absolute atomic E-state index is 12.5. The van der Waals surface area contributed by atoms with Crippen LogP contribution in [0.5, 0.6) is 0 Å². The van der Waals surface area contributed by atoms with Gasteiger partial charge in [-0.25, -0.2) is 19.7 Å². The molecule has 0 aliphatic rings. The topological polar surface area (TPSA) is 106 Å². The molecule has 174 valence electrons. The Morgan fingerprint density at radius 1 is 0.971 bits per heavy atom. The molecule has 0 aliphatic heterocycles. The van der Waals surface area contributed by atoms with Crippen LogP contribution in [0, 0.1) is 0 Å². The predicted octanol–water partition coefficient (Wildman–Crippen LogP) is 7.10. The van der Waals surface area contributed by atoms with Crippen molar-refractivity contribution in [3.63, 3.8) is 0 Å². The molecule has 4 rings (SSSR count). The molecule has 4 aromatic rings. The molecule has 4 N–H and O–H groups in total. The summed E-state index contributed by atoms with van der Waals surface area (Å²) in [4.78, 5) is 26.7. The molecule has 2 heterocycles. The summed E-state index contributed by atoms with van der Waals surface area (Å²) in [7, 11) is 0. The van der Waals surface area contributed by atoms with Gasteiger partial charge in [-0.05, 0) is 42.0 Å². The minimum Gasteiger partial charge on any atom is -0.368 e. The lowest BCUT2D eigenvalue weighted by Gasteiger charge is -2.13. The first-order chi connectivity index (χ1) is 16.1. The van der Waals surface area contributed by atoms with Gasteiger partial charge in [0.25, 0.3) is 0 Å². The number of rotatable bonds is 4. The molecule has 10 heteroatoms. The molecule has 0 atom stereocenters. The smallest absolute Gasteiger partial charge is 0.323 e. The Morgan fingerprint density at radius 2 is 1.71 bits per heavy atom. The van der Waals surface area contributed by atoms with Gasteiger partial charge in [-0.2, -0.15) is 0 Å². The van der Waals surface area contributed by atoms with Gasteiger partial charge in [-0.3, -0.25) is 0 Å². The van der Waals surface area contributed by atoms with E-state index in [0.29, 0.717) is 27.1 Å². The lowest BCUT2D eigenvalue weighted by Crippen LogP contribution is -2.19. The third-order valence-corrected chi connectivity index (χ3v) is 7.01. The number of halogens is 2. The van der Waals surface area contributed by atoms with E-state index in [1.165, 1.54) is 0 Å². The van der Waals surface area contributed by atoms with Gasteiger partial charge in [-0.15, -0.1) is 11.3 Å². The number of anilines is 3. The van der Waals surface area contributed by atoms with Crippen molar-refractivity contribution in [1.82, 2.24) is 15.0 Å². The summed E-state index contributed by atoms with van der Waals surface area (Å²) < 4.78 is 0. The number of hydrogen-bond donors (Lipinski definition) is 3. The van der Waals surface area contributed by atoms with E-state index in [1.54, 1.807) is 41.8 Å². The van der Waals surface area contributed by atoms with Crippen LogP contribution in [-0.4, -0.2) is 21.0 Å². The summed E-state index contributed by atoms with van der Waals surface area (Å²) in [6.45, 7) is 6.33. The van der Waals surface area contributed by atoms with Crippen LogP contribution in [0.25, 0.3) is 21.8 Å². The van der Waals surface area contributed by atoms with E-state index in [2.05, 4.69) is 41.4 Å². The van der Waals surface area contributed by atoms with Gasteiger partial charge in [0, 0.05) is 23.0 Å². The van der Waals surface area contributed by atoms with E-state index in [0.717, 1.165) is 21.1 Å². The lowest BCUT2D eigenvalue weighted by atomic mass is 9.98. The highest BCUT2D eigenvalue weighted by Crippen LogP contribution is 2.40. The van der Waals surface area contributed by atoms with Crippen molar-refractivity contribution in [2.75, 3.05) is 16.4 Å². The Kier molecular flexibility index (Phi) is 6.74. The highest BCUT2D eigenvalue weighted by Gasteiger charge is 2.24. The molecular formula is C24H22Cl2N6OS. The summed E-state index contributed by atoms with van der Waals surface area (Å²) in [5.74, 6) is 0.183. The van der Waals surface area contributed by atoms with Gasteiger partial charge < -0.3 is 16.4 Å². The maximum atomic E-state index is 12.5. The van der Waals surface area contributed by atoms with E-state index < -0.39 is 6.03 Å². The van der Waals surface area contributed by atoms with E-state index in [1.807, 2.05) is 24.3 Å². The first-order valence-corrected chi connectivity index (χ1v) is 11.9. The SMILES string of the molecule is CC(C)(C)c1nc(-c2ccnc(N)n2)c(-c2cccc(NC(=O)Nc3ccc(Cl)c(Cl)c3)c2)s1. The zero-order chi connectivity index (χ0) is 24.5. The molecule has 2 amide bonds. The Morgan fingerprint density at radius 3 is 2.38 bits per heavy atom. The summed E-state index contributed by atoms with van der Waals surface area (Å²) in [6, 6.07) is 13.8. The van der Waals surface area contributed by atoms with Crippen LogP contribution >= 0.6 is 34.5 Å². The molecule has 0 spiro atoms. The molecule has 0 bridgehead atoms. The molecule has 0 fully saturated rings.